The topological polar surface area (TPSA) is 282 Å². The number of hydrogen-bond acceptors (Lipinski definition) is 16. The van der Waals surface area contributed by atoms with Crippen LogP contribution in [0.5, 0.6) is 17.2 Å². The maximum absolute atomic E-state index is 14.1. The molecule has 0 bridgehead atoms. The molecular formula is C33H31N7O11S2. The fraction of sp³-hybridized carbons (Fsp3) is 0.242. The van der Waals surface area contributed by atoms with Crippen LogP contribution in [-0.4, -0.2) is 101 Å². The number of β-lactam (4-membered cyclic amide) rings is 1. The van der Waals surface area contributed by atoms with Crippen LogP contribution in [0.3, 0.4) is 0 Å². The van der Waals surface area contributed by atoms with Gasteiger partial charge in [-0.2, -0.15) is 0 Å². The maximum Gasteiger partial charge on any atom is 0.352 e. The van der Waals surface area contributed by atoms with E-state index in [-0.39, 0.29) is 51.1 Å². The van der Waals surface area contributed by atoms with Crippen LogP contribution < -0.4 is 22.3 Å². The van der Waals surface area contributed by atoms with Crippen molar-refractivity contribution in [3.63, 3.8) is 0 Å². The molecule has 4 aromatic rings. The summed E-state index contributed by atoms with van der Waals surface area (Å²) in [6.45, 7) is 1.37. The van der Waals surface area contributed by atoms with E-state index in [0.717, 1.165) is 28.0 Å². The molecule has 20 heteroatoms. The first-order chi connectivity index (χ1) is 25.2. The van der Waals surface area contributed by atoms with Crippen molar-refractivity contribution in [1.82, 2.24) is 19.8 Å². The van der Waals surface area contributed by atoms with E-state index in [9.17, 15) is 44.4 Å². The number of phenolic OH excluding ortho intramolecular Hbond substituents is 2. The van der Waals surface area contributed by atoms with Crippen LogP contribution in [0.15, 0.2) is 69.1 Å². The summed E-state index contributed by atoms with van der Waals surface area (Å²) in [7, 11) is 1.36. The number of benzene rings is 2. The molecule has 6 rings (SSSR count). The highest BCUT2D eigenvalue weighted by molar-refractivity contribution is 8.00. The third-order valence-electron chi connectivity index (χ3n) is 8.52. The standard InChI is InChI=1S/C33H31N7O11S2/c1-13(50-2)51-38-23(17-12-53-33(35)36-17)28(45)37-24-29(46)40-25(32(48)49)16(11-52-31(24)40)22(34)26(43)21-15-5-3-4-6-18(15)39(30(47)27(21)44)10-14-7-8-19(41)20(42)9-14/h3-9,12-13,22,24,31,41-42,44H,10-11,34H2,1-2H3,(H2,35,36)(H,37,45)(H,48,49)/b38-23-/t13?,22?,24?,31-/m1/s1. The molecule has 4 heterocycles. The van der Waals surface area contributed by atoms with Crippen molar-refractivity contribution in [3.05, 3.63) is 86.3 Å². The number of amides is 2. The van der Waals surface area contributed by atoms with Gasteiger partial charge in [-0.3, -0.25) is 24.1 Å². The summed E-state index contributed by atoms with van der Waals surface area (Å²) in [4.78, 5) is 77.2. The number of aromatic hydroxyl groups is 3. The molecule has 53 heavy (non-hydrogen) atoms. The van der Waals surface area contributed by atoms with Gasteiger partial charge in [-0.05, 0) is 29.3 Å². The van der Waals surface area contributed by atoms with Crippen molar-refractivity contribution in [2.24, 2.45) is 10.9 Å². The number of nitrogens with two attached hydrogens (primary N) is 2. The Bertz CT molecular complexity index is 2300. The number of thioether (sulfide) groups is 1. The molecule has 0 aliphatic carbocycles. The number of carboxylic acid groups (broad SMARTS) is 1. The first-order valence-electron chi connectivity index (χ1n) is 15.6. The molecule has 0 radical (unpaired) electrons. The van der Waals surface area contributed by atoms with Gasteiger partial charge in [-0.1, -0.05) is 29.4 Å². The summed E-state index contributed by atoms with van der Waals surface area (Å²) < 4.78 is 6.16. The number of carbonyl (C=O) groups is 4. The van der Waals surface area contributed by atoms with Crippen LogP contribution in [0.4, 0.5) is 5.13 Å². The summed E-state index contributed by atoms with van der Waals surface area (Å²) in [6, 6.07) is 7.16. The van der Waals surface area contributed by atoms with Crippen molar-refractivity contribution in [2.45, 2.75) is 37.2 Å². The lowest BCUT2D eigenvalue weighted by atomic mass is 9.92. The number of phenols is 2. The number of carboxylic acids is 1. The lowest BCUT2D eigenvalue weighted by molar-refractivity contribution is -0.150. The highest BCUT2D eigenvalue weighted by Gasteiger charge is 2.55. The number of fused-ring (bicyclic) bond motifs is 2. The lowest BCUT2D eigenvalue weighted by Crippen LogP contribution is -2.71. The van der Waals surface area contributed by atoms with Crippen LogP contribution in [-0.2, 0) is 30.5 Å². The van der Waals surface area contributed by atoms with E-state index < -0.39 is 75.6 Å². The molecule has 2 aliphatic rings. The normalized spacial score (nSPS) is 18.3. The number of anilines is 1. The number of nitrogen functional groups attached to an aromatic ring is 1. The molecule has 9 N–H and O–H groups in total. The minimum absolute atomic E-state index is 0.0641. The van der Waals surface area contributed by atoms with Gasteiger partial charge in [0.2, 0.25) is 6.29 Å². The van der Waals surface area contributed by atoms with E-state index in [4.69, 9.17) is 21.0 Å². The number of aliphatic carboxylic acids is 1. The molecule has 2 aromatic carbocycles. The number of oxime groups is 1. The number of ketones is 1. The van der Waals surface area contributed by atoms with Crippen LogP contribution in [0.2, 0.25) is 0 Å². The second-order valence-electron chi connectivity index (χ2n) is 11.8. The average Bonchev–Trinajstić information content (AvgIpc) is 3.58. The van der Waals surface area contributed by atoms with Gasteiger partial charge in [0.1, 0.15) is 22.8 Å². The third kappa shape index (κ3) is 6.75. The molecular weight excluding hydrogens is 735 g/mol. The summed E-state index contributed by atoms with van der Waals surface area (Å²) in [5, 5.41) is 48.2. The molecule has 4 atom stereocenters. The smallest absolute Gasteiger partial charge is 0.352 e. The van der Waals surface area contributed by atoms with Crippen molar-refractivity contribution in [3.8, 4) is 17.2 Å². The highest BCUT2D eigenvalue weighted by atomic mass is 32.2. The van der Waals surface area contributed by atoms with Gasteiger partial charge in [0.25, 0.3) is 17.4 Å². The van der Waals surface area contributed by atoms with E-state index in [1.54, 1.807) is 12.1 Å². The Morgan fingerprint density at radius 2 is 1.87 bits per heavy atom. The quantitative estimate of drug-likeness (QED) is 0.0263. The molecule has 276 valence electrons. The number of thiazole rings is 1. The Labute approximate surface area is 306 Å². The summed E-state index contributed by atoms with van der Waals surface area (Å²) in [5.74, 6) is -6.15. The Kier molecular flexibility index (Phi) is 10.1. The summed E-state index contributed by atoms with van der Waals surface area (Å²) >= 11 is 2.07. The van der Waals surface area contributed by atoms with Gasteiger partial charge >= 0.3 is 5.97 Å². The number of pyridine rings is 1. The van der Waals surface area contributed by atoms with E-state index in [1.165, 1.54) is 54.3 Å². The highest BCUT2D eigenvalue weighted by Crippen LogP contribution is 2.42. The molecule has 0 saturated carbocycles. The van der Waals surface area contributed by atoms with Crippen LogP contribution in [0.25, 0.3) is 10.9 Å². The van der Waals surface area contributed by atoms with E-state index in [1.807, 2.05) is 0 Å². The van der Waals surface area contributed by atoms with Gasteiger partial charge in [0.05, 0.1) is 23.7 Å². The number of para-hydroxylation sites is 1. The SMILES string of the molecule is COC(C)O/N=C(\C(=O)NC1C(=O)N2C(C(=O)O)=C(C(N)C(=O)c3c(O)c(=O)n(Cc4ccc(O)c(O)c4)c4ccccc34)CS[C@H]12)c1csc(N)n1. The molecule has 2 aliphatic heterocycles. The Balaban J connectivity index is 1.29. The second kappa shape index (κ2) is 14.6. The van der Waals surface area contributed by atoms with Crippen molar-refractivity contribution in [2.75, 3.05) is 18.6 Å². The predicted octanol–water partition coefficient (Wildman–Crippen LogP) is 0.867. The monoisotopic (exact) mass is 765 g/mol. The third-order valence-corrected chi connectivity index (χ3v) is 10.5. The van der Waals surface area contributed by atoms with Crippen molar-refractivity contribution >= 4 is 68.4 Å². The molecule has 3 unspecified atom stereocenters. The summed E-state index contributed by atoms with van der Waals surface area (Å²) in [5.41, 5.74) is 10.3. The van der Waals surface area contributed by atoms with Gasteiger partial charge < -0.3 is 51.4 Å². The van der Waals surface area contributed by atoms with E-state index in [2.05, 4.69) is 15.5 Å². The number of Topliss-reactive ketones (excluding diaryl/α,β-unsaturated/α-hetero) is 1. The molecule has 2 amide bonds. The van der Waals surface area contributed by atoms with Crippen molar-refractivity contribution in [1.29, 1.82) is 0 Å². The fourth-order valence-corrected chi connectivity index (χ4v) is 7.77. The lowest BCUT2D eigenvalue weighted by Gasteiger charge is -2.49. The van der Waals surface area contributed by atoms with E-state index >= 15 is 0 Å². The average molecular weight is 766 g/mol. The minimum Gasteiger partial charge on any atom is -0.504 e. The molecule has 0 spiro atoms. The number of nitrogens with zero attached hydrogens (tertiary/aromatic N) is 4. The zero-order chi connectivity index (χ0) is 38.3. The number of rotatable bonds is 12. The zero-order valence-corrected chi connectivity index (χ0v) is 29.4. The van der Waals surface area contributed by atoms with Crippen LogP contribution in [0.1, 0.15) is 28.5 Å². The Hall–Kier alpha value is -5.96. The molecule has 1 saturated heterocycles. The fourth-order valence-electron chi connectivity index (χ4n) is 5.82. The summed E-state index contributed by atoms with van der Waals surface area (Å²) in [6.07, 6.45) is -0.838. The van der Waals surface area contributed by atoms with Gasteiger partial charge in [0.15, 0.2) is 33.9 Å². The Morgan fingerprint density at radius 1 is 1.13 bits per heavy atom. The number of hydrogen-bond donors (Lipinski definition) is 7. The molecule has 18 nitrogen and oxygen atoms in total. The predicted molar refractivity (Wildman–Crippen MR) is 191 cm³/mol. The second-order valence-corrected chi connectivity index (χ2v) is 13.8. The number of ether oxygens (including phenoxy) is 1. The van der Waals surface area contributed by atoms with Crippen LogP contribution >= 0.6 is 23.1 Å². The zero-order valence-electron chi connectivity index (χ0n) is 27.7. The number of carbonyl (C=O) groups excluding carboxylic acids is 3. The first kappa shape index (κ1) is 36.8. The largest absolute Gasteiger partial charge is 0.504 e. The minimum atomic E-state index is -1.72. The number of nitrogens with one attached hydrogen (secondary N) is 1. The Morgan fingerprint density at radius 3 is 2.53 bits per heavy atom. The number of methoxy groups -OCH3 is 1. The molecule has 1 fully saturated rings. The molecule has 2 aromatic heterocycles. The van der Waals surface area contributed by atoms with Gasteiger partial charge in [0, 0.05) is 30.6 Å². The maximum atomic E-state index is 14.1. The number of aromatic nitrogens is 2. The van der Waals surface area contributed by atoms with Gasteiger partial charge in [-0.25, -0.2) is 9.78 Å². The van der Waals surface area contributed by atoms with Gasteiger partial charge in [-0.15, -0.1) is 23.1 Å². The van der Waals surface area contributed by atoms with Crippen LogP contribution in [0, 0.1) is 0 Å². The van der Waals surface area contributed by atoms with E-state index in [0.29, 0.717) is 5.56 Å². The first-order valence-corrected chi connectivity index (χ1v) is 17.5. The van der Waals surface area contributed by atoms with Crippen molar-refractivity contribution < 1.29 is 49.2 Å².